The second-order valence-corrected chi connectivity index (χ2v) is 5.75. The lowest BCUT2D eigenvalue weighted by Crippen LogP contribution is -2.06. The standard InChI is InChI=1S/C17H15BrN2/c1-12(13-6-4-7-15(18)9-13)20-16-10-14-5-2-3-8-17(14)19-11-16/h2-12,20H,1H3. The summed E-state index contributed by atoms with van der Waals surface area (Å²) in [5.41, 5.74) is 3.30. The van der Waals surface area contributed by atoms with Gasteiger partial charge in [-0.3, -0.25) is 4.98 Å². The van der Waals surface area contributed by atoms with Crippen molar-refractivity contribution in [2.75, 3.05) is 5.32 Å². The molecule has 1 aromatic heterocycles. The van der Waals surface area contributed by atoms with Crippen molar-refractivity contribution in [2.24, 2.45) is 0 Å². The van der Waals surface area contributed by atoms with E-state index in [2.05, 4.69) is 63.5 Å². The molecule has 0 aliphatic carbocycles. The van der Waals surface area contributed by atoms with Gasteiger partial charge in [-0.2, -0.15) is 0 Å². The molecule has 0 amide bonds. The molecule has 0 spiro atoms. The van der Waals surface area contributed by atoms with E-state index in [4.69, 9.17) is 0 Å². The molecule has 1 heterocycles. The molecule has 20 heavy (non-hydrogen) atoms. The van der Waals surface area contributed by atoms with Crippen LogP contribution in [0.25, 0.3) is 10.9 Å². The number of hydrogen-bond donors (Lipinski definition) is 1. The monoisotopic (exact) mass is 326 g/mol. The molecule has 3 aromatic rings. The number of nitrogens with zero attached hydrogens (tertiary/aromatic N) is 1. The molecule has 2 nitrogen and oxygen atoms in total. The van der Waals surface area contributed by atoms with E-state index < -0.39 is 0 Å². The Kier molecular flexibility index (Phi) is 3.70. The molecule has 0 radical (unpaired) electrons. The number of pyridine rings is 1. The molecule has 3 rings (SSSR count). The Hall–Kier alpha value is -1.87. The Morgan fingerprint density at radius 3 is 2.75 bits per heavy atom. The minimum Gasteiger partial charge on any atom is -0.377 e. The summed E-state index contributed by atoms with van der Waals surface area (Å²) in [5.74, 6) is 0. The SMILES string of the molecule is CC(Nc1cnc2ccccc2c1)c1cccc(Br)c1. The number of nitrogens with one attached hydrogen (secondary N) is 1. The third-order valence-corrected chi connectivity index (χ3v) is 3.82. The van der Waals surface area contributed by atoms with Gasteiger partial charge in [-0.1, -0.05) is 46.3 Å². The summed E-state index contributed by atoms with van der Waals surface area (Å²) in [6.45, 7) is 2.15. The predicted molar refractivity (Wildman–Crippen MR) is 87.9 cm³/mol. The Morgan fingerprint density at radius 1 is 1.05 bits per heavy atom. The normalized spacial score (nSPS) is 12.3. The molecular weight excluding hydrogens is 312 g/mol. The van der Waals surface area contributed by atoms with Gasteiger partial charge in [0.15, 0.2) is 0 Å². The van der Waals surface area contributed by atoms with Crippen molar-refractivity contribution < 1.29 is 0 Å². The van der Waals surface area contributed by atoms with Crippen LogP contribution in [0.5, 0.6) is 0 Å². The summed E-state index contributed by atoms with van der Waals surface area (Å²) in [6, 6.07) is 18.9. The lowest BCUT2D eigenvalue weighted by atomic mass is 10.1. The fourth-order valence-corrected chi connectivity index (χ4v) is 2.68. The molecule has 100 valence electrons. The summed E-state index contributed by atoms with van der Waals surface area (Å²) in [5, 5.41) is 4.65. The summed E-state index contributed by atoms with van der Waals surface area (Å²) in [7, 11) is 0. The van der Waals surface area contributed by atoms with E-state index in [1.165, 1.54) is 5.56 Å². The highest BCUT2D eigenvalue weighted by Gasteiger charge is 2.06. The van der Waals surface area contributed by atoms with Crippen molar-refractivity contribution in [1.82, 2.24) is 4.98 Å². The fourth-order valence-electron chi connectivity index (χ4n) is 2.26. The van der Waals surface area contributed by atoms with Gasteiger partial charge in [-0.25, -0.2) is 0 Å². The highest BCUT2D eigenvalue weighted by atomic mass is 79.9. The second-order valence-electron chi connectivity index (χ2n) is 4.84. The Labute approximate surface area is 127 Å². The van der Waals surface area contributed by atoms with Gasteiger partial charge in [0.1, 0.15) is 0 Å². The number of fused-ring (bicyclic) bond motifs is 1. The molecule has 0 fully saturated rings. The first-order chi connectivity index (χ1) is 9.72. The number of rotatable bonds is 3. The van der Waals surface area contributed by atoms with E-state index >= 15 is 0 Å². The quantitative estimate of drug-likeness (QED) is 0.718. The molecule has 2 aromatic carbocycles. The second kappa shape index (κ2) is 5.63. The minimum absolute atomic E-state index is 0.232. The highest BCUT2D eigenvalue weighted by Crippen LogP contribution is 2.23. The molecule has 1 unspecified atom stereocenters. The van der Waals surface area contributed by atoms with Crippen LogP contribution in [0.3, 0.4) is 0 Å². The van der Waals surface area contributed by atoms with Crippen LogP contribution in [0.1, 0.15) is 18.5 Å². The molecule has 0 saturated carbocycles. The number of aromatic nitrogens is 1. The molecule has 3 heteroatoms. The summed E-state index contributed by atoms with van der Waals surface area (Å²) < 4.78 is 1.10. The maximum Gasteiger partial charge on any atom is 0.0703 e. The van der Waals surface area contributed by atoms with Crippen molar-refractivity contribution in [3.05, 3.63) is 70.8 Å². The third-order valence-electron chi connectivity index (χ3n) is 3.32. The summed E-state index contributed by atoms with van der Waals surface area (Å²) in [6.07, 6.45) is 1.89. The zero-order valence-electron chi connectivity index (χ0n) is 11.2. The van der Waals surface area contributed by atoms with Crippen molar-refractivity contribution in [3.8, 4) is 0 Å². The zero-order chi connectivity index (χ0) is 13.9. The van der Waals surface area contributed by atoms with E-state index in [1.54, 1.807) is 0 Å². The molecule has 0 bridgehead atoms. The lowest BCUT2D eigenvalue weighted by Gasteiger charge is -2.16. The van der Waals surface area contributed by atoms with Crippen molar-refractivity contribution in [3.63, 3.8) is 0 Å². The Morgan fingerprint density at radius 2 is 1.90 bits per heavy atom. The van der Waals surface area contributed by atoms with Crippen molar-refractivity contribution in [1.29, 1.82) is 0 Å². The van der Waals surface area contributed by atoms with Crippen LogP contribution in [-0.2, 0) is 0 Å². The van der Waals surface area contributed by atoms with Crippen LogP contribution in [0.15, 0.2) is 65.3 Å². The highest BCUT2D eigenvalue weighted by molar-refractivity contribution is 9.10. The average molecular weight is 327 g/mol. The Bertz CT molecular complexity index is 740. The predicted octanol–water partition coefficient (Wildman–Crippen LogP) is 5.17. The van der Waals surface area contributed by atoms with Gasteiger partial charge in [0.2, 0.25) is 0 Å². The van der Waals surface area contributed by atoms with Gasteiger partial charge >= 0.3 is 0 Å². The van der Waals surface area contributed by atoms with Gasteiger partial charge in [0.05, 0.1) is 17.4 Å². The van der Waals surface area contributed by atoms with Crippen LogP contribution in [0, 0.1) is 0 Å². The maximum atomic E-state index is 4.47. The van der Waals surface area contributed by atoms with E-state index in [-0.39, 0.29) is 6.04 Å². The van der Waals surface area contributed by atoms with Crippen molar-refractivity contribution in [2.45, 2.75) is 13.0 Å². The largest absolute Gasteiger partial charge is 0.377 e. The average Bonchev–Trinajstić information content (AvgIpc) is 2.47. The van der Waals surface area contributed by atoms with Crippen molar-refractivity contribution >= 4 is 32.5 Å². The Balaban J connectivity index is 1.85. The first-order valence-corrected chi connectivity index (χ1v) is 7.38. The maximum absolute atomic E-state index is 4.47. The van der Waals surface area contributed by atoms with Gasteiger partial charge in [-0.15, -0.1) is 0 Å². The topological polar surface area (TPSA) is 24.9 Å². The summed E-state index contributed by atoms with van der Waals surface area (Å²) >= 11 is 3.51. The smallest absolute Gasteiger partial charge is 0.0703 e. The van der Waals surface area contributed by atoms with Crippen LogP contribution in [-0.4, -0.2) is 4.98 Å². The van der Waals surface area contributed by atoms with E-state index in [1.807, 2.05) is 30.5 Å². The number of anilines is 1. The molecular formula is C17H15BrN2. The first kappa shape index (κ1) is 13.1. The zero-order valence-corrected chi connectivity index (χ0v) is 12.8. The first-order valence-electron chi connectivity index (χ1n) is 6.59. The van der Waals surface area contributed by atoms with Gasteiger partial charge in [0.25, 0.3) is 0 Å². The van der Waals surface area contributed by atoms with Crippen LogP contribution < -0.4 is 5.32 Å². The van der Waals surface area contributed by atoms with Crippen LogP contribution >= 0.6 is 15.9 Å². The number of benzene rings is 2. The minimum atomic E-state index is 0.232. The lowest BCUT2D eigenvalue weighted by molar-refractivity contribution is 0.883. The van der Waals surface area contributed by atoms with Gasteiger partial charge in [0, 0.05) is 15.9 Å². The summed E-state index contributed by atoms with van der Waals surface area (Å²) in [4.78, 5) is 4.47. The van der Waals surface area contributed by atoms with E-state index in [0.29, 0.717) is 0 Å². The van der Waals surface area contributed by atoms with E-state index in [9.17, 15) is 0 Å². The fraction of sp³-hybridized carbons (Fsp3) is 0.118. The molecule has 1 atom stereocenters. The van der Waals surface area contributed by atoms with Gasteiger partial charge < -0.3 is 5.32 Å². The molecule has 0 aliphatic heterocycles. The number of hydrogen-bond acceptors (Lipinski definition) is 2. The van der Waals surface area contributed by atoms with E-state index in [0.717, 1.165) is 21.1 Å². The molecule has 0 saturated heterocycles. The molecule has 1 N–H and O–H groups in total. The molecule has 0 aliphatic rings. The number of halogens is 1. The third kappa shape index (κ3) is 2.83. The van der Waals surface area contributed by atoms with Crippen LogP contribution in [0.4, 0.5) is 5.69 Å². The van der Waals surface area contributed by atoms with Gasteiger partial charge in [-0.05, 0) is 36.8 Å². The number of para-hydroxylation sites is 1. The van der Waals surface area contributed by atoms with Crippen LogP contribution in [0.2, 0.25) is 0 Å².